The molecule has 1 heterocycles. The van der Waals surface area contributed by atoms with E-state index in [9.17, 15) is 9.18 Å². The summed E-state index contributed by atoms with van der Waals surface area (Å²) in [6.07, 6.45) is 0. The predicted molar refractivity (Wildman–Crippen MR) is 83.9 cm³/mol. The van der Waals surface area contributed by atoms with Crippen LogP contribution in [0, 0.1) is 11.7 Å². The lowest BCUT2D eigenvalue weighted by Crippen LogP contribution is -2.39. The van der Waals surface area contributed by atoms with Crippen molar-refractivity contribution in [3.05, 3.63) is 58.0 Å². The highest BCUT2D eigenvalue weighted by molar-refractivity contribution is 7.10. The Labute approximate surface area is 128 Å². The summed E-state index contributed by atoms with van der Waals surface area (Å²) in [5, 5.41) is 7.74. The largest absolute Gasteiger partial charge is 0.338 e. The molecule has 0 saturated carbocycles. The van der Waals surface area contributed by atoms with Crippen molar-refractivity contribution in [2.24, 2.45) is 5.92 Å². The van der Waals surface area contributed by atoms with E-state index in [-0.39, 0.29) is 17.9 Å². The highest BCUT2D eigenvalue weighted by Gasteiger charge is 2.17. The molecule has 2 aromatic rings. The number of nitrogens with one attached hydrogen (secondary N) is 2. The molecule has 1 aromatic heterocycles. The van der Waals surface area contributed by atoms with Gasteiger partial charge in [0.15, 0.2) is 0 Å². The van der Waals surface area contributed by atoms with Crippen LogP contribution < -0.4 is 10.6 Å². The lowest BCUT2D eigenvalue weighted by molar-refractivity contribution is 0.237. The van der Waals surface area contributed by atoms with Crippen molar-refractivity contribution in [2.75, 3.05) is 6.54 Å². The molecule has 2 N–H and O–H groups in total. The molecule has 2 rings (SSSR count). The van der Waals surface area contributed by atoms with E-state index in [4.69, 9.17) is 0 Å². The maximum atomic E-state index is 13.1. The number of benzene rings is 1. The van der Waals surface area contributed by atoms with Gasteiger partial charge in [0.05, 0.1) is 6.04 Å². The van der Waals surface area contributed by atoms with Crippen LogP contribution in [0.2, 0.25) is 0 Å². The van der Waals surface area contributed by atoms with E-state index in [2.05, 4.69) is 10.6 Å². The zero-order valence-electron chi connectivity index (χ0n) is 12.1. The van der Waals surface area contributed by atoms with Gasteiger partial charge in [0, 0.05) is 11.4 Å². The molecular weight excluding hydrogens is 287 g/mol. The highest BCUT2D eigenvalue weighted by atomic mass is 32.1. The summed E-state index contributed by atoms with van der Waals surface area (Å²) in [6, 6.07) is 9.62. The van der Waals surface area contributed by atoms with E-state index in [1.165, 1.54) is 12.1 Å². The van der Waals surface area contributed by atoms with E-state index in [0.717, 1.165) is 10.4 Å². The summed E-state index contributed by atoms with van der Waals surface area (Å²) in [4.78, 5) is 13.0. The van der Waals surface area contributed by atoms with Crippen LogP contribution in [0.5, 0.6) is 0 Å². The molecule has 3 nitrogen and oxygen atoms in total. The van der Waals surface area contributed by atoms with Crippen molar-refractivity contribution >= 4 is 17.4 Å². The standard InChI is InChI=1S/C16H19FN2OS/c1-11(2)10-18-16(20)19-15(14-4-3-9-21-14)12-5-7-13(17)8-6-12/h3-9,11,15H,10H2,1-2H3,(H2,18,19,20). The normalized spacial score (nSPS) is 12.2. The Bertz CT molecular complexity index is 566. The van der Waals surface area contributed by atoms with Crippen LogP contribution in [-0.4, -0.2) is 12.6 Å². The molecule has 2 amide bonds. The van der Waals surface area contributed by atoms with Crippen molar-refractivity contribution in [1.29, 1.82) is 0 Å². The molecule has 1 atom stereocenters. The minimum Gasteiger partial charge on any atom is -0.338 e. The molecule has 0 radical (unpaired) electrons. The first-order valence-electron chi connectivity index (χ1n) is 6.89. The van der Waals surface area contributed by atoms with Gasteiger partial charge >= 0.3 is 6.03 Å². The van der Waals surface area contributed by atoms with Gasteiger partial charge in [0.25, 0.3) is 0 Å². The van der Waals surface area contributed by atoms with Gasteiger partial charge < -0.3 is 10.6 Å². The van der Waals surface area contributed by atoms with Crippen molar-refractivity contribution in [3.8, 4) is 0 Å². The number of carbonyl (C=O) groups is 1. The molecule has 0 saturated heterocycles. The second-order valence-corrected chi connectivity index (χ2v) is 6.23. The van der Waals surface area contributed by atoms with Gasteiger partial charge in [-0.1, -0.05) is 32.0 Å². The van der Waals surface area contributed by atoms with Crippen LogP contribution in [0.1, 0.15) is 30.3 Å². The van der Waals surface area contributed by atoms with Gasteiger partial charge in [-0.15, -0.1) is 11.3 Å². The molecule has 5 heteroatoms. The van der Waals surface area contributed by atoms with Crippen molar-refractivity contribution in [2.45, 2.75) is 19.9 Å². The Kier molecular flexibility index (Phi) is 5.33. The molecule has 0 spiro atoms. The van der Waals surface area contributed by atoms with Crippen LogP contribution in [0.3, 0.4) is 0 Å². The molecule has 0 aliphatic rings. The van der Waals surface area contributed by atoms with E-state index in [0.29, 0.717) is 12.5 Å². The fraction of sp³-hybridized carbons (Fsp3) is 0.312. The molecular formula is C16H19FN2OS. The van der Waals surface area contributed by atoms with E-state index < -0.39 is 0 Å². The topological polar surface area (TPSA) is 41.1 Å². The van der Waals surface area contributed by atoms with Crippen molar-refractivity contribution in [1.82, 2.24) is 10.6 Å². The first kappa shape index (κ1) is 15.5. The second-order valence-electron chi connectivity index (χ2n) is 5.25. The first-order valence-corrected chi connectivity index (χ1v) is 7.77. The summed E-state index contributed by atoms with van der Waals surface area (Å²) < 4.78 is 13.1. The van der Waals surface area contributed by atoms with Crippen LogP contribution in [-0.2, 0) is 0 Å². The Morgan fingerprint density at radius 2 is 1.95 bits per heavy atom. The SMILES string of the molecule is CC(C)CNC(=O)NC(c1ccc(F)cc1)c1cccs1. The Morgan fingerprint density at radius 1 is 1.24 bits per heavy atom. The monoisotopic (exact) mass is 306 g/mol. The number of amides is 2. The number of urea groups is 1. The smallest absolute Gasteiger partial charge is 0.315 e. The lowest BCUT2D eigenvalue weighted by atomic mass is 10.1. The summed E-state index contributed by atoms with van der Waals surface area (Å²) in [7, 11) is 0. The molecule has 21 heavy (non-hydrogen) atoms. The van der Waals surface area contributed by atoms with Crippen molar-refractivity contribution in [3.63, 3.8) is 0 Å². The second kappa shape index (κ2) is 7.22. The average Bonchev–Trinajstić information content (AvgIpc) is 2.97. The fourth-order valence-electron chi connectivity index (χ4n) is 1.91. The average molecular weight is 306 g/mol. The highest BCUT2D eigenvalue weighted by Crippen LogP contribution is 2.26. The van der Waals surface area contributed by atoms with E-state index >= 15 is 0 Å². The summed E-state index contributed by atoms with van der Waals surface area (Å²) in [6.45, 7) is 4.69. The third-order valence-electron chi connectivity index (χ3n) is 2.98. The number of hydrogen-bond acceptors (Lipinski definition) is 2. The van der Waals surface area contributed by atoms with Crippen molar-refractivity contribution < 1.29 is 9.18 Å². The summed E-state index contributed by atoms with van der Waals surface area (Å²) >= 11 is 1.56. The van der Waals surface area contributed by atoms with Gasteiger partial charge in [0.1, 0.15) is 5.82 Å². The zero-order chi connectivity index (χ0) is 15.2. The zero-order valence-corrected chi connectivity index (χ0v) is 12.9. The van der Waals surface area contributed by atoms with Gasteiger partial charge in [0.2, 0.25) is 0 Å². The molecule has 1 unspecified atom stereocenters. The molecule has 0 bridgehead atoms. The van der Waals surface area contributed by atoms with Gasteiger partial charge in [-0.2, -0.15) is 0 Å². The quantitative estimate of drug-likeness (QED) is 0.863. The molecule has 1 aromatic carbocycles. The van der Waals surface area contributed by atoms with Crippen LogP contribution in [0.15, 0.2) is 41.8 Å². The number of thiophene rings is 1. The van der Waals surface area contributed by atoms with E-state index in [1.54, 1.807) is 23.5 Å². The molecule has 112 valence electrons. The maximum absolute atomic E-state index is 13.1. The molecule has 0 fully saturated rings. The molecule has 0 aliphatic carbocycles. The lowest BCUT2D eigenvalue weighted by Gasteiger charge is -2.19. The third-order valence-corrected chi connectivity index (χ3v) is 3.91. The summed E-state index contributed by atoms with van der Waals surface area (Å²) in [5.74, 6) is 0.106. The van der Waals surface area contributed by atoms with Gasteiger partial charge in [-0.3, -0.25) is 0 Å². The Balaban J connectivity index is 2.14. The number of carbonyl (C=O) groups excluding carboxylic acids is 1. The third kappa shape index (κ3) is 4.56. The Morgan fingerprint density at radius 3 is 2.52 bits per heavy atom. The first-order chi connectivity index (χ1) is 10.1. The van der Waals surface area contributed by atoms with Gasteiger partial charge in [-0.05, 0) is 35.1 Å². The van der Waals surface area contributed by atoms with Crippen LogP contribution >= 0.6 is 11.3 Å². The summed E-state index contributed by atoms with van der Waals surface area (Å²) in [5.41, 5.74) is 0.860. The predicted octanol–water partition coefficient (Wildman–Crippen LogP) is 3.93. The van der Waals surface area contributed by atoms with Crippen LogP contribution in [0.25, 0.3) is 0 Å². The number of rotatable bonds is 5. The minimum absolute atomic E-state index is 0.216. The van der Waals surface area contributed by atoms with E-state index in [1.807, 2.05) is 31.4 Å². The van der Waals surface area contributed by atoms with Crippen LogP contribution in [0.4, 0.5) is 9.18 Å². The Hall–Kier alpha value is -1.88. The minimum atomic E-state index is -0.284. The fourth-order valence-corrected chi connectivity index (χ4v) is 2.71. The van der Waals surface area contributed by atoms with Gasteiger partial charge in [-0.25, -0.2) is 9.18 Å². The molecule has 0 aliphatic heterocycles. The number of halogens is 1. The maximum Gasteiger partial charge on any atom is 0.315 e. The number of hydrogen-bond donors (Lipinski definition) is 2.